The van der Waals surface area contributed by atoms with Crippen LogP contribution in [0.4, 0.5) is 4.79 Å². The van der Waals surface area contributed by atoms with Crippen LogP contribution in [0, 0.1) is 0 Å². The molecule has 2 aromatic heterocycles. The largest absolute Gasteiger partial charge is 0.370 e. The molecule has 0 saturated carbocycles. The number of para-hydroxylation sites is 1. The lowest BCUT2D eigenvalue weighted by atomic mass is 10.0. The first-order valence-electron chi connectivity index (χ1n) is 23.1. The number of nitrogens with one attached hydrogen (secondary N) is 9. The monoisotopic (exact) mass is 1030 g/mol. The molecule has 0 aliphatic carbocycles. The Morgan fingerprint density at radius 1 is 0.694 bits per heavy atom. The SMILES string of the molecule is CC[C@@H]1NC(=O)N([C@H]2CSSC[C@@H](C(N)=O)NC(=O)[C@H](Cc3c[nH]c4ccccc34)NC(=O)[C@H](CCCN=C(N)N)NC(=O)[C@@H](Cc3ccccc3)NC(=O)[C@H](Cc3cnc[nH]3)NC(=O)[C@@H](C)NC2=O)C1=O. The quantitative estimate of drug-likeness (QED) is 0.0238. The number of urea groups is 1. The van der Waals surface area contributed by atoms with Gasteiger partial charge in [0, 0.05) is 66.3 Å². The zero-order valence-corrected chi connectivity index (χ0v) is 41.1. The standard InChI is InChI=1S/C46H59N15O9S2/c1-3-29-44(69)61(46(70)60-29)36-22-72-71-21-35(37(47)62)59-41(66)33(17-26-19-52-30-13-8-7-12-28(26)30)58-39(64)31(14-9-15-51-45(48)49)55-40(65)32(16-25-10-5-4-6-11-25)57-42(67)34(18-27-20-50-23-53-27)56-38(63)24(2)54-43(36)68/h4-8,10-13,19-20,23-24,29,31-36,52H,3,9,14-18,21-22H2,1-2H3,(H2,47,62)(H,50,53)(H,54,68)(H,55,65)(H,56,63)(H,57,67)(H,58,64)(H,59,66)(H,60,70)(H4,48,49,51)/t24-,29+,31+,32-,33+,34+,35+,36+/m1/s1. The Morgan fingerprint density at radius 3 is 1.99 bits per heavy atom. The van der Waals surface area contributed by atoms with Crippen LogP contribution in [0.25, 0.3) is 10.9 Å². The number of benzene rings is 2. The minimum absolute atomic E-state index is 0.0492. The van der Waals surface area contributed by atoms with Crippen LogP contribution in [0.1, 0.15) is 49.9 Å². The fraction of sp³-hybridized carbons (Fsp3) is 0.413. The zero-order valence-electron chi connectivity index (χ0n) is 39.5. The molecular formula is C46H59N15O9S2. The topological polar surface area (TPSA) is 376 Å². The molecule has 0 unspecified atom stereocenters. The Balaban J connectivity index is 1.39. The van der Waals surface area contributed by atoms with E-state index in [4.69, 9.17) is 17.2 Å². The molecule has 2 saturated heterocycles. The number of imide groups is 1. The first kappa shape index (κ1) is 53.7. The third-order valence-electron chi connectivity index (χ3n) is 11.9. The Bertz CT molecular complexity index is 2630. The van der Waals surface area contributed by atoms with E-state index in [1.807, 2.05) is 18.2 Å². The molecule has 2 aliphatic heterocycles. The summed E-state index contributed by atoms with van der Waals surface area (Å²) in [6.45, 7) is 3.09. The van der Waals surface area contributed by atoms with Crippen LogP contribution in [0.2, 0.25) is 0 Å². The van der Waals surface area contributed by atoms with E-state index in [1.165, 1.54) is 19.4 Å². The Kier molecular flexibility index (Phi) is 19.0. The van der Waals surface area contributed by atoms with Crippen molar-refractivity contribution >= 4 is 91.7 Å². The molecular weight excluding hydrogens is 971 g/mol. The molecule has 2 aromatic carbocycles. The highest BCUT2D eigenvalue weighted by Crippen LogP contribution is 2.27. The maximum absolute atomic E-state index is 14.6. The molecule has 72 heavy (non-hydrogen) atoms. The zero-order chi connectivity index (χ0) is 51.9. The average Bonchev–Trinajstić information content (AvgIpc) is 4.09. The number of primary amides is 1. The highest BCUT2D eigenvalue weighted by molar-refractivity contribution is 8.76. The van der Waals surface area contributed by atoms with E-state index in [-0.39, 0.29) is 62.5 Å². The molecule has 6 rings (SSSR count). The summed E-state index contributed by atoms with van der Waals surface area (Å²) in [5.41, 5.74) is 19.4. The summed E-state index contributed by atoms with van der Waals surface area (Å²) in [5.74, 6) is -7.18. The number of imidazole rings is 1. The van der Waals surface area contributed by atoms with Gasteiger partial charge in [-0.25, -0.2) is 14.7 Å². The number of nitrogens with two attached hydrogens (primary N) is 3. The molecule has 15 N–H and O–H groups in total. The first-order valence-corrected chi connectivity index (χ1v) is 25.6. The van der Waals surface area contributed by atoms with Crippen molar-refractivity contribution in [1.29, 1.82) is 0 Å². The lowest BCUT2D eigenvalue weighted by Crippen LogP contribution is -2.60. The molecule has 8 atom stereocenters. The Labute approximate surface area is 421 Å². The van der Waals surface area contributed by atoms with E-state index >= 15 is 0 Å². The number of nitrogens with zero attached hydrogens (tertiary/aromatic N) is 3. The molecule has 0 radical (unpaired) electrons. The number of amides is 10. The number of rotatable bonds is 13. The summed E-state index contributed by atoms with van der Waals surface area (Å²) in [5, 5.41) is 19.4. The van der Waals surface area contributed by atoms with Crippen molar-refractivity contribution in [3.05, 3.63) is 90.1 Å². The Hall–Kier alpha value is -7.61. The summed E-state index contributed by atoms with van der Waals surface area (Å²) >= 11 is 0. The Morgan fingerprint density at radius 2 is 1.32 bits per heavy atom. The van der Waals surface area contributed by atoms with Crippen molar-refractivity contribution in [2.24, 2.45) is 22.2 Å². The van der Waals surface area contributed by atoms with Crippen LogP contribution in [0.5, 0.6) is 0 Å². The predicted octanol–water partition coefficient (Wildman–Crippen LogP) is -1.52. The minimum Gasteiger partial charge on any atom is -0.370 e. The molecule has 24 nitrogen and oxygen atoms in total. The van der Waals surface area contributed by atoms with Crippen LogP contribution in [-0.2, 0) is 57.6 Å². The molecule has 26 heteroatoms. The third kappa shape index (κ3) is 14.5. The maximum atomic E-state index is 14.6. The van der Waals surface area contributed by atoms with Crippen molar-refractivity contribution in [2.45, 2.75) is 101 Å². The molecule has 0 bridgehead atoms. The van der Waals surface area contributed by atoms with E-state index in [9.17, 15) is 43.2 Å². The number of hydrogen-bond donors (Lipinski definition) is 12. The van der Waals surface area contributed by atoms with E-state index in [2.05, 4.69) is 57.2 Å². The number of aliphatic imine (C=N–C) groups is 1. The van der Waals surface area contributed by atoms with Gasteiger partial charge in [0.15, 0.2) is 5.96 Å². The highest BCUT2D eigenvalue weighted by atomic mass is 33.1. The van der Waals surface area contributed by atoms with Gasteiger partial charge in [0.25, 0.3) is 5.91 Å². The average molecular weight is 1030 g/mol. The maximum Gasteiger partial charge on any atom is 0.325 e. The van der Waals surface area contributed by atoms with Crippen LogP contribution >= 0.6 is 21.6 Å². The lowest BCUT2D eigenvalue weighted by molar-refractivity contribution is -0.137. The van der Waals surface area contributed by atoms with E-state index < -0.39 is 102 Å². The molecule has 2 aliphatic rings. The van der Waals surface area contributed by atoms with Gasteiger partial charge in [0.2, 0.25) is 41.4 Å². The van der Waals surface area contributed by atoms with Gasteiger partial charge in [-0.05, 0) is 43.4 Å². The number of guanidine groups is 1. The second-order valence-corrected chi connectivity index (χ2v) is 19.7. The molecule has 4 heterocycles. The molecule has 10 amide bonds. The number of carbonyl (C=O) groups excluding carboxylic acids is 9. The normalized spacial score (nSPS) is 24.5. The second kappa shape index (κ2) is 25.5. The molecule has 2 fully saturated rings. The number of carbonyl (C=O) groups is 9. The molecule has 384 valence electrons. The minimum atomic E-state index is -1.48. The van der Waals surface area contributed by atoms with Gasteiger partial charge >= 0.3 is 6.03 Å². The van der Waals surface area contributed by atoms with Crippen LogP contribution in [0.15, 0.2) is 78.3 Å². The fourth-order valence-electron chi connectivity index (χ4n) is 7.96. The first-order chi connectivity index (χ1) is 34.5. The lowest BCUT2D eigenvalue weighted by Gasteiger charge is -2.27. The van der Waals surface area contributed by atoms with Crippen molar-refractivity contribution in [3.63, 3.8) is 0 Å². The van der Waals surface area contributed by atoms with Crippen LogP contribution in [-0.4, -0.2) is 145 Å². The summed E-state index contributed by atoms with van der Waals surface area (Å²) in [7, 11) is 1.99. The van der Waals surface area contributed by atoms with E-state index in [0.717, 1.165) is 37.4 Å². The molecule has 4 aromatic rings. The number of H-pyrrole nitrogens is 2. The van der Waals surface area contributed by atoms with Crippen LogP contribution < -0.4 is 54.4 Å². The third-order valence-corrected chi connectivity index (χ3v) is 14.3. The van der Waals surface area contributed by atoms with Crippen LogP contribution in [0.3, 0.4) is 0 Å². The van der Waals surface area contributed by atoms with Gasteiger partial charge in [-0.15, -0.1) is 0 Å². The van der Waals surface area contributed by atoms with Gasteiger partial charge < -0.3 is 64.4 Å². The number of fused-ring (bicyclic) bond motifs is 1. The molecule has 0 spiro atoms. The van der Waals surface area contributed by atoms with Gasteiger partial charge in [-0.1, -0.05) is 77.0 Å². The van der Waals surface area contributed by atoms with Crippen molar-refractivity contribution in [2.75, 3.05) is 18.1 Å². The smallest absolute Gasteiger partial charge is 0.325 e. The van der Waals surface area contributed by atoms with Gasteiger partial charge in [-0.3, -0.25) is 43.3 Å². The number of hydrogen-bond acceptors (Lipinski definition) is 13. The van der Waals surface area contributed by atoms with Gasteiger partial charge in [0.05, 0.1) is 6.33 Å². The summed E-state index contributed by atoms with van der Waals surface area (Å²) < 4.78 is 0. The van der Waals surface area contributed by atoms with Crippen molar-refractivity contribution in [3.8, 4) is 0 Å². The van der Waals surface area contributed by atoms with Gasteiger partial charge in [0.1, 0.15) is 48.3 Å². The van der Waals surface area contributed by atoms with Gasteiger partial charge in [-0.2, -0.15) is 0 Å². The fourth-order valence-corrected chi connectivity index (χ4v) is 10.3. The van der Waals surface area contributed by atoms with E-state index in [1.54, 1.807) is 49.5 Å². The number of aromatic amines is 2. The summed E-state index contributed by atoms with van der Waals surface area (Å²) in [6, 6.07) is 4.59. The second-order valence-electron chi connectivity index (χ2n) is 17.1. The highest BCUT2D eigenvalue weighted by Gasteiger charge is 2.45. The summed E-state index contributed by atoms with van der Waals surface area (Å²) in [4.78, 5) is 141. The predicted molar refractivity (Wildman–Crippen MR) is 269 cm³/mol. The van der Waals surface area contributed by atoms with Crippen molar-refractivity contribution < 1.29 is 43.2 Å². The summed E-state index contributed by atoms with van der Waals surface area (Å²) in [6.07, 6.45) is 4.51. The van der Waals surface area contributed by atoms with Crippen molar-refractivity contribution in [1.82, 2.24) is 57.1 Å². The number of aromatic nitrogens is 3. The van der Waals surface area contributed by atoms with E-state index in [0.29, 0.717) is 16.8 Å².